The minimum atomic E-state index is 0.195. The number of Topliss-reactive ketones (excluding diaryl/α,β-unsaturated/α-hetero) is 1. The van der Waals surface area contributed by atoms with Crippen molar-refractivity contribution >= 4 is 5.78 Å². The van der Waals surface area contributed by atoms with Crippen LogP contribution >= 0.6 is 0 Å². The summed E-state index contributed by atoms with van der Waals surface area (Å²) in [5.74, 6) is 0.880. The molecule has 0 aromatic carbocycles. The second-order valence-corrected chi connectivity index (χ2v) is 4.81. The predicted octanol–water partition coefficient (Wildman–Crippen LogP) is 1.13. The number of hydrogen-bond acceptors (Lipinski definition) is 3. The molecule has 94 valence electrons. The van der Waals surface area contributed by atoms with E-state index in [1.54, 1.807) is 6.20 Å². The van der Waals surface area contributed by atoms with E-state index in [0.717, 1.165) is 25.3 Å². The molecule has 1 fully saturated rings. The second-order valence-electron chi connectivity index (χ2n) is 4.81. The second kappa shape index (κ2) is 5.98. The number of nitrogens with one attached hydrogen (secondary N) is 2. The van der Waals surface area contributed by atoms with Crippen LogP contribution in [-0.4, -0.2) is 48.9 Å². The van der Waals surface area contributed by atoms with E-state index in [4.69, 9.17) is 0 Å². The molecular formula is C13H21N3O. The van der Waals surface area contributed by atoms with Gasteiger partial charge in [-0.2, -0.15) is 0 Å². The largest absolute Gasteiger partial charge is 0.359 e. The average Bonchev–Trinajstić information content (AvgIpc) is 2.83. The van der Waals surface area contributed by atoms with Crippen molar-refractivity contribution in [3.05, 3.63) is 24.0 Å². The number of likely N-dealkylation sites (tertiary alicyclic amines) is 1. The van der Waals surface area contributed by atoms with Gasteiger partial charge in [-0.15, -0.1) is 0 Å². The smallest absolute Gasteiger partial charge is 0.192 e. The molecule has 1 atom stereocenters. The molecule has 0 radical (unpaired) electrons. The van der Waals surface area contributed by atoms with Crippen LogP contribution in [0.5, 0.6) is 0 Å². The molecule has 0 amide bonds. The number of carbonyl (C=O) groups is 1. The van der Waals surface area contributed by atoms with E-state index in [0.29, 0.717) is 12.5 Å². The lowest BCUT2D eigenvalue weighted by Crippen LogP contribution is -2.41. The van der Waals surface area contributed by atoms with Crippen molar-refractivity contribution in [3.8, 4) is 0 Å². The Morgan fingerprint density at radius 2 is 2.53 bits per heavy atom. The summed E-state index contributed by atoms with van der Waals surface area (Å²) in [5.41, 5.74) is 0.723. The van der Waals surface area contributed by atoms with E-state index in [2.05, 4.69) is 15.2 Å². The van der Waals surface area contributed by atoms with Gasteiger partial charge in [0.25, 0.3) is 0 Å². The average molecular weight is 235 g/mol. The molecule has 4 nitrogen and oxygen atoms in total. The van der Waals surface area contributed by atoms with Crippen LogP contribution in [0.4, 0.5) is 0 Å². The van der Waals surface area contributed by atoms with Crippen LogP contribution < -0.4 is 5.32 Å². The first-order chi connectivity index (χ1) is 8.29. The molecule has 2 rings (SSSR count). The summed E-state index contributed by atoms with van der Waals surface area (Å²) in [4.78, 5) is 17.2. The van der Waals surface area contributed by atoms with Gasteiger partial charge in [-0.3, -0.25) is 9.69 Å². The molecule has 1 aliphatic heterocycles. The fraction of sp³-hybridized carbons (Fsp3) is 0.615. The molecule has 1 aromatic heterocycles. The van der Waals surface area contributed by atoms with Crippen molar-refractivity contribution in [2.24, 2.45) is 5.92 Å². The number of H-pyrrole nitrogens is 1. The van der Waals surface area contributed by atoms with Crippen molar-refractivity contribution in [3.63, 3.8) is 0 Å². The molecule has 2 heterocycles. The third-order valence-electron chi connectivity index (χ3n) is 3.36. The molecule has 1 aromatic rings. The first kappa shape index (κ1) is 12.3. The number of piperidine rings is 1. The van der Waals surface area contributed by atoms with Crippen LogP contribution in [0.15, 0.2) is 18.3 Å². The molecule has 2 N–H and O–H groups in total. The zero-order valence-electron chi connectivity index (χ0n) is 10.4. The molecule has 1 aliphatic rings. The quantitative estimate of drug-likeness (QED) is 0.752. The Balaban J connectivity index is 1.84. The molecule has 0 bridgehead atoms. The van der Waals surface area contributed by atoms with Crippen molar-refractivity contribution in [1.29, 1.82) is 0 Å². The van der Waals surface area contributed by atoms with Crippen LogP contribution in [0.2, 0.25) is 0 Å². The summed E-state index contributed by atoms with van der Waals surface area (Å²) in [5, 5.41) is 3.22. The van der Waals surface area contributed by atoms with Gasteiger partial charge in [0.2, 0.25) is 0 Å². The maximum Gasteiger partial charge on any atom is 0.192 e. The van der Waals surface area contributed by atoms with E-state index in [-0.39, 0.29) is 5.78 Å². The van der Waals surface area contributed by atoms with Gasteiger partial charge in [-0.1, -0.05) is 0 Å². The zero-order valence-corrected chi connectivity index (χ0v) is 10.4. The third kappa shape index (κ3) is 3.41. The lowest BCUT2D eigenvalue weighted by Gasteiger charge is -2.32. The first-order valence-electron chi connectivity index (χ1n) is 6.33. The van der Waals surface area contributed by atoms with Crippen LogP contribution in [0.3, 0.4) is 0 Å². The van der Waals surface area contributed by atoms with Crippen molar-refractivity contribution in [1.82, 2.24) is 15.2 Å². The molecule has 1 unspecified atom stereocenters. The molecular weight excluding hydrogens is 214 g/mol. The van der Waals surface area contributed by atoms with Gasteiger partial charge in [0.05, 0.1) is 12.2 Å². The maximum absolute atomic E-state index is 12.0. The normalized spacial score (nSPS) is 21.6. The van der Waals surface area contributed by atoms with E-state index in [1.165, 1.54) is 12.8 Å². The van der Waals surface area contributed by atoms with Crippen LogP contribution in [-0.2, 0) is 0 Å². The molecule has 0 saturated carbocycles. The number of hydrogen-bond donors (Lipinski definition) is 2. The number of ketones is 1. The number of nitrogens with zero attached hydrogens (tertiary/aromatic N) is 1. The van der Waals surface area contributed by atoms with Gasteiger partial charge in [-0.25, -0.2) is 0 Å². The monoisotopic (exact) mass is 235 g/mol. The van der Waals surface area contributed by atoms with Crippen molar-refractivity contribution in [2.45, 2.75) is 12.8 Å². The number of aromatic amines is 1. The summed E-state index contributed by atoms with van der Waals surface area (Å²) < 4.78 is 0. The Bertz CT molecular complexity index is 346. The van der Waals surface area contributed by atoms with Crippen molar-refractivity contribution < 1.29 is 4.79 Å². The minimum Gasteiger partial charge on any atom is -0.359 e. The Morgan fingerprint density at radius 1 is 1.65 bits per heavy atom. The van der Waals surface area contributed by atoms with Gasteiger partial charge in [0.1, 0.15) is 0 Å². The van der Waals surface area contributed by atoms with E-state index < -0.39 is 0 Å². The fourth-order valence-corrected chi connectivity index (χ4v) is 2.54. The molecule has 17 heavy (non-hydrogen) atoms. The highest BCUT2D eigenvalue weighted by Gasteiger charge is 2.21. The fourth-order valence-electron chi connectivity index (χ4n) is 2.54. The highest BCUT2D eigenvalue weighted by Crippen LogP contribution is 2.15. The Morgan fingerprint density at radius 3 is 3.24 bits per heavy atom. The van der Waals surface area contributed by atoms with Crippen LogP contribution in [0.25, 0.3) is 0 Å². The van der Waals surface area contributed by atoms with Crippen LogP contribution in [0, 0.1) is 5.92 Å². The Labute approximate surface area is 102 Å². The highest BCUT2D eigenvalue weighted by atomic mass is 16.1. The molecule has 4 heteroatoms. The summed E-state index contributed by atoms with van der Waals surface area (Å²) in [6.07, 6.45) is 4.27. The van der Waals surface area contributed by atoms with Gasteiger partial charge < -0.3 is 10.3 Å². The predicted molar refractivity (Wildman–Crippen MR) is 68.2 cm³/mol. The van der Waals surface area contributed by atoms with Gasteiger partial charge in [0, 0.05) is 12.7 Å². The van der Waals surface area contributed by atoms with Gasteiger partial charge in [0.15, 0.2) is 5.78 Å². The number of aromatic nitrogens is 1. The standard InChI is InChI=1S/C13H21N3O/c1-14-8-11-4-3-7-16(9-11)10-13(17)12-5-2-6-15-12/h2,5-6,11,14-15H,3-4,7-10H2,1H3. The Hall–Kier alpha value is -1.13. The Kier molecular flexibility index (Phi) is 4.34. The van der Waals surface area contributed by atoms with E-state index in [9.17, 15) is 4.79 Å². The summed E-state index contributed by atoms with van der Waals surface area (Å²) in [6.45, 7) is 3.67. The number of carbonyl (C=O) groups excluding carboxylic acids is 1. The van der Waals surface area contributed by atoms with E-state index in [1.807, 2.05) is 19.2 Å². The van der Waals surface area contributed by atoms with E-state index >= 15 is 0 Å². The first-order valence-corrected chi connectivity index (χ1v) is 6.33. The minimum absolute atomic E-state index is 0.195. The molecule has 1 saturated heterocycles. The summed E-state index contributed by atoms with van der Waals surface area (Å²) in [7, 11) is 1.99. The SMILES string of the molecule is CNCC1CCCN(CC(=O)c2ccc[nH]2)C1. The third-order valence-corrected chi connectivity index (χ3v) is 3.36. The van der Waals surface area contributed by atoms with Crippen LogP contribution in [0.1, 0.15) is 23.3 Å². The number of rotatable bonds is 5. The topological polar surface area (TPSA) is 48.1 Å². The molecule has 0 spiro atoms. The van der Waals surface area contributed by atoms with Gasteiger partial charge in [-0.05, 0) is 51.0 Å². The van der Waals surface area contributed by atoms with Crippen molar-refractivity contribution in [2.75, 3.05) is 33.2 Å². The molecule has 0 aliphatic carbocycles. The lowest BCUT2D eigenvalue weighted by molar-refractivity contribution is 0.0882. The highest BCUT2D eigenvalue weighted by molar-refractivity contribution is 5.95. The summed E-state index contributed by atoms with van der Waals surface area (Å²) >= 11 is 0. The summed E-state index contributed by atoms with van der Waals surface area (Å²) in [6, 6.07) is 3.71. The maximum atomic E-state index is 12.0. The lowest BCUT2D eigenvalue weighted by atomic mass is 9.98. The zero-order chi connectivity index (χ0) is 12.1. The van der Waals surface area contributed by atoms with Gasteiger partial charge >= 0.3 is 0 Å².